The first-order valence-corrected chi connectivity index (χ1v) is 17.4. The predicted molar refractivity (Wildman–Crippen MR) is 156 cm³/mol. The molecule has 0 aliphatic rings. The van der Waals surface area contributed by atoms with E-state index in [1.54, 1.807) is 24.5 Å². The number of nitrogens with one attached hydrogen (secondary N) is 1. The molecule has 1 N–H and O–H groups in total. The average Bonchev–Trinajstić information content (AvgIpc) is 3.19. The lowest BCUT2D eigenvalue weighted by atomic mass is 10.2. The lowest BCUT2D eigenvalue weighted by Gasteiger charge is -2.36. The largest absolute Gasteiger partial charge is 0.411 e. The van der Waals surface area contributed by atoms with Crippen LogP contribution in [-0.2, 0) is 33.4 Å². The highest BCUT2D eigenvalue weighted by Crippen LogP contribution is 2.37. The van der Waals surface area contributed by atoms with Gasteiger partial charge in [0.25, 0.3) is 0 Å². The Labute approximate surface area is 232 Å². The van der Waals surface area contributed by atoms with Gasteiger partial charge >= 0.3 is 0 Å². The van der Waals surface area contributed by atoms with E-state index in [0.29, 0.717) is 41.4 Å². The van der Waals surface area contributed by atoms with Gasteiger partial charge in [-0.25, -0.2) is 32.3 Å². The van der Waals surface area contributed by atoms with Crippen molar-refractivity contribution in [3.8, 4) is 0 Å². The fourth-order valence-electron chi connectivity index (χ4n) is 3.43. The molecule has 1 aromatic carbocycles. The smallest absolute Gasteiger partial charge is 0.244 e. The summed E-state index contributed by atoms with van der Waals surface area (Å²) in [5.74, 6) is 0.988. The van der Waals surface area contributed by atoms with E-state index in [2.05, 4.69) is 81.7 Å². The Hall–Kier alpha value is -2.42. The summed E-state index contributed by atoms with van der Waals surface area (Å²) in [4.78, 5) is 17.7. The van der Waals surface area contributed by atoms with Gasteiger partial charge in [-0.2, -0.15) is 0 Å². The van der Waals surface area contributed by atoms with Gasteiger partial charge in [-0.15, -0.1) is 0 Å². The Balaban J connectivity index is 1.53. The molecule has 4 rings (SSSR count). The van der Waals surface area contributed by atoms with Crippen molar-refractivity contribution < 1.29 is 12.8 Å². The van der Waals surface area contributed by atoms with Crippen molar-refractivity contribution in [1.29, 1.82) is 0 Å². The molecule has 37 heavy (non-hydrogen) atoms. The first-order chi connectivity index (χ1) is 17.4. The molecule has 0 atom stereocenters. The summed E-state index contributed by atoms with van der Waals surface area (Å²) in [6, 6.07) is 11.0. The van der Waals surface area contributed by atoms with Crippen molar-refractivity contribution >= 4 is 57.8 Å². The van der Waals surface area contributed by atoms with E-state index in [9.17, 15) is 8.42 Å². The third-order valence-electron chi connectivity index (χ3n) is 6.56. The monoisotopic (exact) mass is 650 g/mol. The lowest BCUT2D eigenvalue weighted by Crippen LogP contribution is -2.40. The average molecular weight is 651 g/mol. The zero-order chi connectivity index (χ0) is 26.8. The summed E-state index contributed by atoms with van der Waals surface area (Å²) in [6.45, 7) is 11.8. The van der Waals surface area contributed by atoms with Crippen molar-refractivity contribution in [3.63, 3.8) is 0 Å². The molecule has 0 amide bonds. The van der Waals surface area contributed by atoms with Crippen LogP contribution in [0.3, 0.4) is 0 Å². The third kappa shape index (κ3) is 6.36. The Kier molecular flexibility index (Phi) is 8.02. The molecule has 0 aliphatic carbocycles. The molecule has 12 heteroatoms. The second kappa shape index (κ2) is 10.7. The summed E-state index contributed by atoms with van der Waals surface area (Å²) in [7, 11) is -5.58. The number of benzene rings is 1. The molecule has 0 saturated carbocycles. The second-order valence-electron chi connectivity index (χ2n) is 10.3. The number of anilines is 1. The van der Waals surface area contributed by atoms with Crippen LogP contribution in [0.25, 0.3) is 11.0 Å². The SMILES string of the molecule is CC(C)(C)[Si](C)(C)OCc1ccnc(CNc2ncnc3c2c(I)cn3S(=O)(=O)Cc2ccccc2)n1. The molecule has 0 bridgehead atoms. The van der Waals surface area contributed by atoms with Gasteiger partial charge in [0.1, 0.15) is 18.0 Å². The van der Waals surface area contributed by atoms with Crippen LogP contribution >= 0.6 is 22.6 Å². The van der Waals surface area contributed by atoms with Gasteiger partial charge in [0, 0.05) is 16.0 Å². The van der Waals surface area contributed by atoms with Gasteiger partial charge in [0.15, 0.2) is 14.0 Å². The maximum absolute atomic E-state index is 13.2. The predicted octanol–water partition coefficient (Wildman–Crippen LogP) is 5.34. The Morgan fingerprint density at radius 3 is 2.51 bits per heavy atom. The molecule has 4 aromatic rings. The van der Waals surface area contributed by atoms with Crippen molar-refractivity contribution in [2.75, 3.05) is 5.32 Å². The molecular weight excluding hydrogens is 619 g/mol. The van der Waals surface area contributed by atoms with Crippen LogP contribution in [0.4, 0.5) is 5.82 Å². The number of aromatic nitrogens is 5. The Bertz CT molecular complexity index is 1500. The quantitative estimate of drug-likeness (QED) is 0.191. The van der Waals surface area contributed by atoms with Crippen molar-refractivity contribution in [1.82, 2.24) is 23.9 Å². The fourth-order valence-corrected chi connectivity index (χ4v) is 6.76. The van der Waals surface area contributed by atoms with Gasteiger partial charge in [0.05, 0.1) is 30.0 Å². The van der Waals surface area contributed by atoms with E-state index in [4.69, 9.17) is 4.43 Å². The van der Waals surface area contributed by atoms with E-state index >= 15 is 0 Å². The topological polar surface area (TPSA) is 112 Å². The molecule has 0 aliphatic heterocycles. The summed E-state index contributed by atoms with van der Waals surface area (Å²) < 4.78 is 34.7. The second-order valence-corrected chi connectivity index (χ2v) is 18.1. The van der Waals surface area contributed by atoms with Crippen LogP contribution < -0.4 is 5.32 Å². The summed E-state index contributed by atoms with van der Waals surface area (Å²) in [5.41, 5.74) is 1.86. The zero-order valence-corrected chi connectivity index (χ0v) is 25.5. The summed E-state index contributed by atoms with van der Waals surface area (Å²) in [6.07, 6.45) is 4.67. The highest BCUT2D eigenvalue weighted by atomic mass is 127. The summed E-state index contributed by atoms with van der Waals surface area (Å²) in [5, 5.41) is 4.01. The third-order valence-corrected chi connectivity index (χ3v) is 13.4. The summed E-state index contributed by atoms with van der Waals surface area (Å²) >= 11 is 2.11. The maximum atomic E-state index is 13.2. The number of hydrogen-bond donors (Lipinski definition) is 1. The number of halogens is 1. The Morgan fingerprint density at radius 2 is 1.81 bits per heavy atom. The van der Waals surface area contributed by atoms with E-state index in [1.165, 1.54) is 10.3 Å². The normalized spacial score (nSPS) is 12.7. The van der Waals surface area contributed by atoms with Gasteiger partial charge < -0.3 is 9.74 Å². The van der Waals surface area contributed by atoms with Gasteiger partial charge in [-0.3, -0.25) is 0 Å². The van der Waals surface area contributed by atoms with Crippen LogP contribution in [-0.4, -0.2) is 40.6 Å². The first kappa shape index (κ1) is 27.6. The van der Waals surface area contributed by atoms with Crippen LogP contribution in [0.2, 0.25) is 18.1 Å². The van der Waals surface area contributed by atoms with Gasteiger partial charge in [0.2, 0.25) is 10.0 Å². The molecule has 3 heterocycles. The Morgan fingerprint density at radius 1 is 1.08 bits per heavy atom. The first-order valence-electron chi connectivity index (χ1n) is 11.8. The van der Waals surface area contributed by atoms with Gasteiger partial charge in [-0.1, -0.05) is 51.1 Å². The molecule has 3 aromatic heterocycles. The molecule has 0 spiro atoms. The highest BCUT2D eigenvalue weighted by molar-refractivity contribution is 14.1. The van der Waals surface area contributed by atoms with Crippen molar-refractivity contribution in [3.05, 3.63) is 75.8 Å². The molecular formula is C25H31IN6O3SSi. The van der Waals surface area contributed by atoms with E-state index in [1.807, 2.05) is 24.3 Å². The minimum absolute atomic E-state index is 0.116. The molecule has 9 nitrogen and oxygen atoms in total. The van der Waals surface area contributed by atoms with E-state index < -0.39 is 18.3 Å². The van der Waals surface area contributed by atoms with Crippen molar-refractivity contribution in [2.24, 2.45) is 0 Å². The van der Waals surface area contributed by atoms with Crippen molar-refractivity contribution in [2.45, 2.75) is 57.8 Å². The minimum Gasteiger partial charge on any atom is -0.411 e. The van der Waals surface area contributed by atoms with Crippen LogP contribution in [0.15, 0.2) is 55.1 Å². The zero-order valence-electron chi connectivity index (χ0n) is 21.6. The van der Waals surface area contributed by atoms with E-state index in [0.717, 1.165) is 9.26 Å². The number of rotatable bonds is 9. The maximum Gasteiger partial charge on any atom is 0.244 e. The van der Waals surface area contributed by atoms with Gasteiger partial charge in [-0.05, 0) is 52.4 Å². The van der Waals surface area contributed by atoms with Crippen LogP contribution in [0.5, 0.6) is 0 Å². The molecule has 196 valence electrons. The number of nitrogens with zero attached hydrogens (tertiary/aromatic N) is 5. The number of hydrogen-bond acceptors (Lipinski definition) is 8. The standard InChI is InChI=1S/C25H31IN6O3SSi/c1-25(2,3)37(4,5)35-15-19-11-12-27-21(31-19)13-28-23-22-20(26)14-32(24(22)30-17-29-23)36(33,34)16-18-9-7-6-8-10-18/h6-12,14,17H,13,15-16H2,1-5H3,(H,28,29,30). The fraction of sp³-hybridized carbons (Fsp3) is 0.360. The molecule has 0 radical (unpaired) electrons. The van der Waals surface area contributed by atoms with Crippen LogP contribution in [0, 0.1) is 3.57 Å². The molecule has 0 saturated heterocycles. The molecule has 0 unspecified atom stereocenters. The van der Waals surface area contributed by atoms with Crippen LogP contribution in [0.1, 0.15) is 37.9 Å². The van der Waals surface area contributed by atoms with E-state index in [-0.39, 0.29) is 10.8 Å². The minimum atomic E-state index is -3.68. The number of fused-ring (bicyclic) bond motifs is 1. The lowest BCUT2D eigenvalue weighted by molar-refractivity contribution is 0.271. The highest BCUT2D eigenvalue weighted by Gasteiger charge is 2.37. The molecule has 0 fully saturated rings.